The summed E-state index contributed by atoms with van der Waals surface area (Å²) in [5, 5.41) is 15.3. The van der Waals surface area contributed by atoms with Gasteiger partial charge in [-0.05, 0) is 31.9 Å². The lowest BCUT2D eigenvalue weighted by Crippen LogP contribution is -2.53. The Morgan fingerprint density at radius 2 is 1.91 bits per heavy atom. The Bertz CT molecular complexity index is 618. The smallest absolute Gasteiger partial charge is 0.319 e. The van der Waals surface area contributed by atoms with Crippen molar-refractivity contribution in [2.75, 3.05) is 11.6 Å². The molecule has 2 amide bonds. The molecule has 1 aromatic rings. The molecule has 0 bridgehead atoms. The van der Waals surface area contributed by atoms with E-state index in [9.17, 15) is 18.3 Å². The molecule has 0 aliphatic rings. The average molecular weight is 329 g/mol. The van der Waals surface area contributed by atoms with Gasteiger partial charge in [-0.25, -0.2) is 18.2 Å². The van der Waals surface area contributed by atoms with Crippen LogP contribution in [0.25, 0.3) is 0 Å². The van der Waals surface area contributed by atoms with Crippen LogP contribution >= 0.6 is 0 Å². The molecule has 8 heteroatoms. The Hall–Kier alpha value is -1.67. The molecule has 0 saturated heterocycles. The summed E-state index contributed by atoms with van der Waals surface area (Å²) in [5.74, 6) is 0.0384. The van der Waals surface area contributed by atoms with E-state index in [-0.39, 0.29) is 10.9 Å². The van der Waals surface area contributed by atoms with Gasteiger partial charge in [0.1, 0.15) is 0 Å². The highest BCUT2D eigenvalue weighted by Gasteiger charge is 2.30. The Labute approximate surface area is 131 Å². The third-order valence-electron chi connectivity index (χ3n) is 3.09. The predicted molar refractivity (Wildman–Crippen MR) is 84.4 cm³/mol. The first-order valence-corrected chi connectivity index (χ1v) is 8.76. The maximum absolute atomic E-state index is 12.0. The standard InChI is InChI=1S/C14H23N3O4S/c1-9(2)12(14(3,4)19)17-13(18)16-10-6-7-11(15-8-10)22(5,20)21/h6-9,12,19H,1-5H3,(H2,16,17,18)/t12-/m0/s1. The third kappa shape index (κ3) is 5.27. The van der Waals surface area contributed by atoms with Gasteiger partial charge in [-0.1, -0.05) is 13.8 Å². The van der Waals surface area contributed by atoms with Crippen molar-refractivity contribution in [1.82, 2.24) is 10.3 Å². The fraction of sp³-hybridized carbons (Fsp3) is 0.571. The normalized spacial score (nSPS) is 13.8. The highest BCUT2D eigenvalue weighted by molar-refractivity contribution is 7.90. The molecule has 124 valence electrons. The Balaban J connectivity index is 2.77. The highest BCUT2D eigenvalue weighted by Crippen LogP contribution is 2.17. The molecule has 1 heterocycles. The van der Waals surface area contributed by atoms with Gasteiger partial charge in [-0.3, -0.25) is 0 Å². The topological polar surface area (TPSA) is 108 Å². The Morgan fingerprint density at radius 1 is 1.32 bits per heavy atom. The second-order valence-corrected chi connectivity index (χ2v) is 8.09. The highest BCUT2D eigenvalue weighted by atomic mass is 32.2. The maximum atomic E-state index is 12.0. The molecular formula is C14H23N3O4S. The summed E-state index contributed by atoms with van der Waals surface area (Å²) >= 11 is 0. The van der Waals surface area contributed by atoms with Crippen molar-refractivity contribution in [2.24, 2.45) is 5.92 Å². The summed E-state index contributed by atoms with van der Waals surface area (Å²) in [6, 6.07) is 1.85. The number of carbonyl (C=O) groups is 1. The quantitative estimate of drug-likeness (QED) is 0.757. The van der Waals surface area contributed by atoms with E-state index in [1.807, 2.05) is 13.8 Å². The van der Waals surface area contributed by atoms with Crippen molar-refractivity contribution in [1.29, 1.82) is 0 Å². The first kappa shape index (κ1) is 18.4. The fourth-order valence-corrected chi connectivity index (χ4v) is 2.70. The largest absolute Gasteiger partial charge is 0.388 e. The van der Waals surface area contributed by atoms with E-state index >= 15 is 0 Å². The number of sulfone groups is 1. The molecule has 3 N–H and O–H groups in total. The van der Waals surface area contributed by atoms with Crippen LogP contribution in [-0.2, 0) is 9.84 Å². The van der Waals surface area contributed by atoms with Gasteiger partial charge in [0.2, 0.25) is 0 Å². The second-order valence-electron chi connectivity index (χ2n) is 6.13. The van der Waals surface area contributed by atoms with E-state index in [1.165, 1.54) is 18.3 Å². The van der Waals surface area contributed by atoms with Crippen LogP contribution in [-0.4, -0.2) is 42.4 Å². The predicted octanol–water partition coefficient (Wildman–Crippen LogP) is 1.40. The number of urea groups is 1. The molecule has 22 heavy (non-hydrogen) atoms. The summed E-state index contributed by atoms with van der Waals surface area (Å²) in [4.78, 5) is 15.8. The summed E-state index contributed by atoms with van der Waals surface area (Å²) < 4.78 is 22.6. The molecule has 0 radical (unpaired) electrons. The number of pyridine rings is 1. The van der Waals surface area contributed by atoms with E-state index in [2.05, 4.69) is 15.6 Å². The number of nitrogens with one attached hydrogen (secondary N) is 2. The van der Waals surface area contributed by atoms with Gasteiger partial charge < -0.3 is 15.7 Å². The molecule has 0 unspecified atom stereocenters. The van der Waals surface area contributed by atoms with E-state index in [0.717, 1.165) is 6.26 Å². The summed E-state index contributed by atoms with van der Waals surface area (Å²) in [7, 11) is -3.37. The third-order valence-corrected chi connectivity index (χ3v) is 4.09. The number of amides is 2. The van der Waals surface area contributed by atoms with E-state index in [0.29, 0.717) is 5.69 Å². The van der Waals surface area contributed by atoms with Crippen molar-refractivity contribution in [2.45, 2.75) is 44.4 Å². The number of aliphatic hydroxyl groups is 1. The van der Waals surface area contributed by atoms with Crippen molar-refractivity contribution in [3.05, 3.63) is 18.3 Å². The molecule has 0 aromatic carbocycles. The minimum Gasteiger partial charge on any atom is -0.388 e. The zero-order chi connectivity index (χ0) is 17.1. The maximum Gasteiger partial charge on any atom is 0.319 e. The second kappa shape index (κ2) is 6.62. The number of aromatic nitrogens is 1. The molecule has 0 spiro atoms. The van der Waals surface area contributed by atoms with Gasteiger partial charge in [0.25, 0.3) is 0 Å². The molecule has 0 saturated carbocycles. The number of rotatable bonds is 5. The summed E-state index contributed by atoms with van der Waals surface area (Å²) in [6.07, 6.45) is 2.33. The minimum atomic E-state index is -3.37. The SMILES string of the molecule is CC(C)[C@H](NC(=O)Nc1ccc(S(C)(=O)=O)nc1)C(C)(C)O. The first-order valence-electron chi connectivity index (χ1n) is 6.87. The van der Waals surface area contributed by atoms with Crippen LogP contribution in [0.2, 0.25) is 0 Å². The van der Waals surface area contributed by atoms with Gasteiger partial charge in [-0.2, -0.15) is 0 Å². The Morgan fingerprint density at radius 3 is 2.27 bits per heavy atom. The molecule has 1 aromatic heterocycles. The molecule has 0 fully saturated rings. The zero-order valence-corrected chi connectivity index (χ0v) is 14.2. The minimum absolute atomic E-state index is 0.0384. The monoisotopic (exact) mass is 329 g/mol. The van der Waals surface area contributed by atoms with Crippen LogP contribution in [0.1, 0.15) is 27.7 Å². The average Bonchev–Trinajstić information content (AvgIpc) is 2.33. The van der Waals surface area contributed by atoms with Gasteiger partial charge in [0, 0.05) is 6.26 Å². The summed E-state index contributed by atoms with van der Waals surface area (Å²) in [5.41, 5.74) is -0.702. The molecule has 1 rings (SSSR count). The number of nitrogens with zero attached hydrogens (tertiary/aromatic N) is 1. The molecule has 1 atom stereocenters. The van der Waals surface area contributed by atoms with Crippen molar-refractivity contribution < 1.29 is 18.3 Å². The van der Waals surface area contributed by atoms with Gasteiger partial charge in [0.15, 0.2) is 14.9 Å². The molecule has 0 aliphatic carbocycles. The van der Waals surface area contributed by atoms with Gasteiger partial charge in [0.05, 0.1) is 23.5 Å². The molecular weight excluding hydrogens is 306 g/mol. The van der Waals surface area contributed by atoms with Crippen molar-refractivity contribution in [3.8, 4) is 0 Å². The van der Waals surface area contributed by atoms with E-state index < -0.39 is 27.5 Å². The lowest BCUT2D eigenvalue weighted by Gasteiger charge is -2.33. The van der Waals surface area contributed by atoms with Crippen LogP contribution in [0.3, 0.4) is 0 Å². The van der Waals surface area contributed by atoms with Gasteiger partial charge >= 0.3 is 6.03 Å². The van der Waals surface area contributed by atoms with E-state index in [4.69, 9.17) is 0 Å². The number of hydrogen-bond acceptors (Lipinski definition) is 5. The van der Waals surface area contributed by atoms with Crippen LogP contribution in [0.15, 0.2) is 23.4 Å². The van der Waals surface area contributed by atoms with Gasteiger partial charge in [-0.15, -0.1) is 0 Å². The van der Waals surface area contributed by atoms with Crippen LogP contribution in [0.4, 0.5) is 10.5 Å². The van der Waals surface area contributed by atoms with Crippen molar-refractivity contribution >= 4 is 21.6 Å². The first-order chi connectivity index (χ1) is 9.91. The fourth-order valence-electron chi connectivity index (χ4n) is 2.14. The number of anilines is 1. The van der Waals surface area contributed by atoms with Crippen molar-refractivity contribution in [3.63, 3.8) is 0 Å². The van der Waals surface area contributed by atoms with Crippen LogP contribution in [0, 0.1) is 5.92 Å². The zero-order valence-electron chi connectivity index (χ0n) is 13.4. The lowest BCUT2D eigenvalue weighted by atomic mass is 9.89. The van der Waals surface area contributed by atoms with Crippen LogP contribution < -0.4 is 10.6 Å². The number of carbonyl (C=O) groups excluding carboxylic acids is 1. The Kier molecular flexibility index (Phi) is 5.53. The number of hydrogen-bond donors (Lipinski definition) is 3. The molecule has 7 nitrogen and oxygen atoms in total. The molecule has 0 aliphatic heterocycles. The van der Waals surface area contributed by atoms with Crippen LogP contribution in [0.5, 0.6) is 0 Å². The lowest BCUT2D eigenvalue weighted by molar-refractivity contribution is 0.0253. The summed E-state index contributed by atoms with van der Waals surface area (Å²) in [6.45, 7) is 7.04. The van der Waals surface area contributed by atoms with E-state index in [1.54, 1.807) is 13.8 Å².